The quantitative estimate of drug-likeness (QED) is 0.742. The highest BCUT2D eigenvalue weighted by molar-refractivity contribution is 5.92. The molecule has 1 saturated heterocycles. The van der Waals surface area contributed by atoms with Gasteiger partial charge < -0.3 is 9.64 Å². The fraction of sp³-hybridized carbons (Fsp3) is 0.263. The maximum Gasteiger partial charge on any atom is 0.274 e. The van der Waals surface area contributed by atoms with Gasteiger partial charge in [-0.15, -0.1) is 0 Å². The monoisotopic (exact) mass is 321 g/mol. The van der Waals surface area contributed by atoms with Gasteiger partial charge in [-0.25, -0.2) is 0 Å². The summed E-state index contributed by atoms with van der Waals surface area (Å²) in [5, 5.41) is 6.60. The van der Waals surface area contributed by atoms with E-state index in [-0.39, 0.29) is 12.0 Å². The van der Waals surface area contributed by atoms with Crippen LogP contribution in [0.3, 0.4) is 0 Å². The summed E-state index contributed by atoms with van der Waals surface area (Å²) < 4.78 is 7.61. The molecule has 0 saturated carbocycles. The number of aryl methyl sites for hydroxylation is 1. The van der Waals surface area contributed by atoms with E-state index in [0.717, 1.165) is 0 Å². The molecular weight excluding hydrogens is 302 g/mol. The van der Waals surface area contributed by atoms with Crippen LogP contribution in [0.25, 0.3) is 10.8 Å². The van der Waals surface area contributed by atoms with E-state index >= 15 is 0 Å². The molecule has 2 aromatic carbocycles. The number of rotatable bonds is 4. The van der Waals surface area contributed by atoms with Gasteiger partial charge in [-0.1, -0.05) is 42.5 Å². The van der Waals surface area contributed by atoms with E-state index in [1.165, 1.54) is 16.3 Å². The molecule has 0 radical (unpaired) electrons. The van der Waals surface area contributed by atoms with Crippen LogP contribution in [0.15, 0.2) is 54.7 Å². The predicted octanol–water partition coefficient (Wildman–Crippen LogP) is 2.61. The Morgan fingerprint density at radius 2 is 1.96 bits per heavy atom. The van der Waals surface area contributed by atoms with Gasteiger partial charge in [-0.2, -0.15) is 5.10 Å². The lowest BCUT2D eigenvalue weighted by Crippen LogP contribution is -2.54. The maximum atomic E-state index is 12.2. The van der Waals surface area contributed by atoms with E-state index in [1.807, 2.05) is 19.2 Å². The van der Waals surface area contributed by atoms with Crippen molar-refractivity contribution in [2.24, 2.45) is 7.05 Å². The van der Waals surface area contributed by atoms with Gasteiger partial charge >= 0.3 is 0 Å². The van der Waals surface area contributed by atoms with Crippen LogP contribution in [0.1, 0.15) is 16.1 Å². The lowest BCUT2D eigenvalue weighted by molar-refractivity contribution is -0.0501. The number of hydrogen-bond donors (Lipinski definition) is 0. The summed E-state index contributed by atoms with van der Waals surface area (Å²) >= 11 is 0. The molecule has 0 aliphatic carbocycles. The first-order valence-electron chi connectivity index (χ1n) is 8.08. The number of nitrogens with zero attached hydrogens (tertiary/aromatic N) is 3. The number of ether oxygens (including phenoxy) is 1. The van der Waals surface area contributed by atoms with Gasteiger partial charge in [0.05, 0.1) is 12.7 Å². The van der Waals surface area contributed by atoms with Gasteiger partial charge in [0.2, 0.25) is 0 Å². The smallest absolute Gasteiger partial charge is 0.274 e. The predicted molar refractivity (Wildman–Crippen MR) is 91.6 cm³/mol. The molecular formula is C19H19N3O2. The zero-order valence-corrected chi connectivity index (χ0v) is 13.6. The number of carbonyl (C=O) groups excluding carboxylic acids is 1. The van der Waals surface area contributed by atoms with Gasteiger partial charge in [0, 0.05) is 26.3 Å². The van der Waals surface area contributed by atoms with E-state index in [9.17, 15) is 4.79 Å². The Morgan fingerprint density at radius 1 is 1.17 bits per heavy atom. The van der Waals surface area contributed by atoms with Crippen molar-refractivity contribution < 1.29 is 9.53 Å². The number of carbonyl (C=O) groups is 1. The molecule has 1 aliphatic heterocycles. The average Bonchev–Trinajstić information content (AvgIpc) is 3.00. The summed E-state index contributed by atoms with van der Waals surface area (Å²) in [5.74, 6) is -0.0272. The van der Waals surface area contributed by atoms with Crippen molar-refractivity contribution in [1.82, 2.24) is 14.7 Å². The van der Waals surface area contributed by atoms with Crippen molar-refractivity contribution >= 4 is 16.7 Å². The third-order valence-electron chi connectivity index (χ3n) is 4.42. The summed E-state index contributed by atoms with van der Waals surface area (Å²) in [4.78, 5) is 14.0. The Kier molecular flexibility index (Phi) is 3.78. The van der Waals surface area contributed by atoms with Gasteiger partial charge in [-0.3, -0.25) is 9.48 Å². The van der Waals surface area contributed by atoms with Gasteiger partial charge in [-0.05, 0) is 22.4 Å². The van der Waals surface area contributed by atoms with Crippen molar-refractivity contribution in [2.75, 3.05) is 13.1 Å². The van der Waals surface area contributed by atoms with Crippen LogP contribution in [-0.4, -0.2) is 39.8 Å². The number of fused-ring (bicyclic) bond motifs is 1. The highest BCUT2D eigenvalue weighted by Crippen LogP contribution is 2.21. The van der Waals surface area contributed by atoms with E-state index in [4.69, 9.17) is 4.74 Å². The lowest BCUT2D eigenvalue weighted by Gasteiger charge is -2.38. The van der Waals surface area contributed by atoms with Crippen molar-refractivity contribution in [3.05, 3.63) is 66.0 Å². The highest BCUT2D eigenvalue weighted by Gasteiger charge is 2.32. The topological polar surface area (TPSA) is 47.4 Å². The van der Waals surface area contributed by atoms with E-state index in [1.54, 1.807) is 21.8 Å². The first-order chi connectivity index (χ1) is 11.7. The summed E-state index contributed by atoms with van der Waals surface area (Å²) in [6, 6.07) is 16.3. The second-order valence-electron chi connectivity index (χ2n) is 6.16. The number of aromatic nitrogens is 2. The third-order valence-corrected chi connectivity index (χ3v) is 4.42. The van der Waals surface area contributed by atoms with E-state index in [2.05, 4.69) is 35.4 Å². The Hall–Kier alpha value is -2.66. The molecule has 1 aromatic heterocycles. The maximum absolute atomic E-state index is 12.2. The van der Waals surface area contributed by atoms with Crippen LogP contribution in [0.2, 0.25) is 0 Å². The molecule has 5 heteroatoms. The van der Waals surface area contributed by atoms with Crippen LogP contribution in [-0.2, 0) is 18.4 Å². The molecule has 4 rings (SSSR count). The van der Waals surface area contributed by atoms with Gasteiger partial charge in [0.25, 0.3) is 5.91 Å². The minimum Gasteiger partial charge on any atom is -0.370 e. The van der Waals surface area contributed by atoms with E-state index in [0.29, 0.717) is 25.4 Å². The molecule has 1 fully saturated rings. The zero-order chi connectivity index (χ0) is 16.5. The van der Waals surface area contributed by atoms with Crippen molar-refractivity contribution in [3.63, 3.8) is 0 Å². The molecule has 2 heterocycles. The van der Waals surface area contributed by atoms with Crippen LogP contribution in [0.5, 0.6) is 0 Å². The molecule has 24 heavy (non-hydrogen) atoms. The molecule has 0 spiro atoms. The zero-order valence-electron chi connectivity index (χ0n) is 13.6. The normalized spacial score (nSPS) is 14.8. The van der Waals surface area contributed by atoms with Gasteiger partial charge in [0.1, 0.15) is 5.69 Å². The molecule has 1 aliphatic rings. The average molecular weight is 321 g/mol. The first kappa shape index (κ1) is 14.9. The lowest BCUT2D eigenvalue weighted by atomic mass is 10.1. The summed E-state index contributed by atoms with van der Waals surface area (Å²) in [6.45, 7) is 1.82. The van der Waals surface area contributed by atoms with E-state index < -0.39 is 0 Å². The largest absolute Gasteiger partial charge is 0.370 e. The Balaban J connectivity index is 1.34. The fourth-order valence-corrected chi connectivity index (χ4v) is 3.03. The number of amides is 1. The van der Waals surface area contributed by atoms with Crippen LogP contribution in [0, 0.1) is 0 Å². The fourth-order valence-electron chi connectivity index (χ4n) is 3.03. The second kappa shape index (κ2) is 6.09. The van der Waals surface area contributed by atoms with Crippen molar-refractivity contribution in [2.45, 2.75) is 12.7 Å². The number of benzene rings is 2. The third kappa shape index (κ3) is 2.78. The SMILES string of the molecule is Cn1ccc(C(=O)N2CC(OCc3cccc4ccccc34)C2)n1. The van der Waals surface area contributed by atoms with Crippen LogP contribution >= 0.6 is 0 Å². The molecule has 122 valence electrons. The molecule has 0 unspecified atom stereocenters. The Labute approximate surface area is 140 Å². The minimum atomic E-state index is -0.0272. The molecule has 1 amide bonds. The second-order valence-corrected chi connectivity index (χ2v) is 6.16. The molecule has 0 N–H and O–H groups in total. The van der Waals surface area contributed by atoms with Crippen molar-refractivity contribution in [3.8, 4) is 0 Å². The van der Waals surface area contributed by atoms with Crippen LogP contribution in [0.4, 0.5) is 0 Å². The standard InChI is InChI=1S/C19H19N3O2/c1-21-10-9-18(20-21)19(23)22-11-16(12-22)24-13-15-7-4-6-14-5-2-3-8-17(14)15/h2-10,16H,11-13H2,1H3. The van der Waals surface area contributed by atoms with Gasteiger partial charge in [0.15, 0.2) is 0 Å². The minimum absolute atomic E-state index is 0.0272. The summed E-state index contributed by atoms with van der Waals surface area (Å²) in [6.07, 6.45) is 1.87. The number of likely N-dealkylation sites (tertiary alicyclic amines) is 1. The molecule has 5 nitrogen and oxygen atoms in total. The summed E-state index contributed by atoms with van der Waals surface area (Å²) in [5.41, 5.74) is 1.67. The first-order valence-corrected chi connectivity index (χ1v) is 8.08. The summed E-state index contributed by atoms with van der Waals surface area (Å²) in [7, 11) is 1.81. The molecule has 0 atom stereocenters. The molecule has 3 aromatic rings. The Bertz CT molecular complexity index is 876. The van der Waals surface area contributed by atoms with Crippen molar-refractivity contribution in [1.29, 1.82) is 0 Å². The number of hydrogen-bond acceptors (Lipinski definition) is 3. The van der Waals surface area contributed by atoms with Crippen LogP contribution < -0.4 is 0 Å². The Morgan fingerprint density at radius 3 is 2.75 bits per heavy atom. The highest BCUT2D eigenvalue weighted by atomic mass is 16.5. The molecule has 0 bridgehead atoms.